The molecule has 5 atom stereocenters. The van der Waals surface area contributed by atoms with E-state index in [1.807, 2.05) is 13.0 Å². The highest BCUT2D eigenvalue weighted by molar-refractivity contribution is 4.99. The predicted octanol–water partition coefficient (Wildman–Crippen LogP) is -1.97. The summed E-state index contributed by atoms with van der Waals surface area (Å²) in [6.45, 7) is 1.85. The lowest BCUT2D eigenvalue weighted by Gasteiger charge is -2.46. The molecule has 1 aliphatic rings. The van der Waals surface area contributed by atoms with Crippen LogP contribution < -0.4 is 0 Å². The topological polar surface area (TPSA) is 104 Å². The number of aliphatic hydroxyl groups excluding tert-OH is 5. The van der Waals surface area contributed by atoms with Gasteiger partial charge in [-0.05, 0) is 6.42 Å². The van der Waals surface area contributed by atoms with Gasteiger partial charge >= 0.3 is 0 Å². The van der Waals surface area contributed by atoms with Crippen LogP contribution in [-0.4, -0.2) is 74.2 Å². The van der Waals surface area contributed by atoms with Crippen molar-refractivity contribution in [1.82, 2.24) is 4.90 Å². The van der Waals surface area contributed by atoms with Gasteiger partial charge < -0.3 is 25.5 Å². The van der Waals surface area contributed by atoms with E-state index >= 15 is 0 Å². The number of allylic oxidation sites excluding steroid dienone is 1. The highest BCUT2D eigenvalue weighted by Crippen LogP contribution is 2.23. The first-order valence-electron chi connectivity index (χ1n) is 5.78. The van der Waals surface area contributed by atoms with Crippen molar-refractivity contribution in [1.29, 1.82) is 0 Å². The summed E-state index contributed by atoms with van der Waals surface area (Å²) in [7, 11) is 0. The van der Waals surface area contributed by atoms with E-state index in [1.54, 1.807) is 6.08 Å². The zero-order valence-corrected chi connectivity index (χ0v) is 9.85. The fraction of sp³-hybridized carbons (Fsp3) is 0.818. The molecule has 0 saturated carbocycles. The first-order valence-corrected chi connectivity index (χ1v) is 5.78. The zero-order chi connectivity index (χ0) is 13.0. The normalized spacial score (nSPS) is 40.0. The van der Waals surface area contributed by atoms with Crippen LogP contribution in [-0.2, 0) is 0 Å². The van der Waals surface area contributed by atoms with Crippen molar-refractivity contribution in [3.8, 4) is 0 Å². The first-order chi connectivity index (χ1) is 8.04. The van der Waals surface area contributed by atoms with E-state index in [0.29, 0.717) is 6.54 Å². The van der Waals surface area contributed by atoms with Gasteiger partial charge in [-0.1, -0.05) is 19.1 Å². The molecule has 5 N–H and O–H groups in total. The van der Waals surface area contributed by atoms with Gasteiger partial charge in [-0.3, -0.25) is 4.90 Å². The zero-order valence-electron chi connectivity index (χ0n) is 9.85. The van der Waals surface area contributed by atoms with Crippen molar-refractivity contribution in [2.75, 3.05) is 13.2 Å². The molecule has 0 radical (unpaired) electrons. The van der Waals surface area contributed by atoms with E-state index in [4.69, 9.17) is 0 Å². The molecule has 0 aromatic carbocycles. The van der Waals surface area contributed by atoms with Crippen LogP contribution >= 0.6 is 0 Å². The third-order valence-corrected chi connectivity index (χ3v) is 3.07. The molecule has 17 heavy (non-hydrogen) atoms. The van der Waals surface area contributed by atoms with Crippen LogP contribution in [0.25, 0.3) is 0 Å². The van der Waals surface area contributed by atoms with Crippen molar-refractivity contribution in [2.24, 2.45) is 0 Å². The molecule has 1 saturated heterocycles. The van der Waals surface area contributed by atoms with Gasteiger partial charge in [0.05, 0.1) is 12.6 Å². The molecule has 1 unspecified atom stereocenters. The smallest absolute Gasteiger partial charge is 0.136 e. The SMILES string of the molecule is CC/C=C/CN1C(O)[C@H](O)[C@@H](O)[C@H](O)[C@H]1CO. The molecule has 1 rings (SSSR count). The molecule has 0 aliphatic carbocycles. The third kappa shape index (κ3) is 3.04. The Morgan fingerprint density at radius 1 is 1.00 bits per heavy atom. The van der Waals surface area contributed by atoms with Crippen molar-refractivity contribution in [3.05, 3.63) is 12.2 Å². The molecular formula is C11H21NO5. The quantitative estimate of drug-likeness (QED) is 0.369. The molecule has 1 aliphatic heterocycles. The second-order valence-electron chi connectivity index (χ2n) is 4.21. The van der Waals surface area contributed by atoms with E-state index in [1.165, 1.54) is 4.90 Å². The van der Waals surface area contributed by atoms with Gasteiger partial charge in [0.2, 0.25) is 0 Å². The minimum Gasteiger partial charge on any atom is -0.395 e. The summed E-state index contributed by atoms with van der Waals surface area (Å²) in [4.78, 5) is 1.37. The number of nitrogens with zero attached hydrogens (tertiary/aromatic N) is 1. The summed E-state index contributed by atoms with van der Waals surface area (Å²) in [6.07, 6.45) is -0.980. The number of hydrogen-bond acceptors (Lipinski definition) is 6. The van der Waals surface area contributed by atoms with Crippen molar-refractivity contribution in [2.45, 2.75) is 43.9 Å². The molecule has 1 fully saturated rings. The van der Waals surface area contributed by atoms with Crippen molar-refractivity contribution in [3.63, 3.8) is 0 Å². The molecule has 0 bridgehead atoms. The molecule has 100 valence electrons. The average molecular weight is 247 g/mol. The van der Waals surface area contributed by atoms with Gasteiger partial charge in [0.15, 0.2) is 0 Å². The lowest BCUT2D eigenvalue weighted by molar-refractivity contribution is -0.219. The average Bonchev–Trinajstić information content (AvgIpc) is 2.33. The highest BCUT2D eigenvalue weighted by atomic mass is 16.4. The molecule has 0 amide bonds. The Morgan fingerprint density at radius 2 is 1.65 bits per heavy atom. The van der Waals surface area contributed by atoms with Crippen molar-refractivity contribution < 1.29 is 25.5 Å². The minimum absolute atomic E-state index is 0.293. The number of piperidine rings is 1. The summed E-state index contributed by atoms with van der Waals surface area (Å²) in [5.74, 6) is 0. The summed E-state index contributed by atoms with van der Waals surface area (Å²) in [6, 6.07) is -0.787. The van der Waals surface area contributed by atoms with Crippen LogP contribution in [0.2, 0.25) is 0 Å². The van der Waals surface area contributed by atoms with Gasteiger partial charge in [-0.25, -0.2) is 0 Å². The van der Waals surface area contributed by atoms with Gasteiger partial charge in [0.1, 0.15) is 24.5 Å². The molecule has 0 aromatic rings. The fourth-order valence-electron chi connectivity index (χ4n) is 2.01. The molecule has 0 aromatic heterocycles. The van der Waals surface area contributed by atoms with Crippen LogP contribution in [0.4, 0.5) is 0 Å². The first kappa shape index (κ1) is 14.6. The van der Waals surface area contributed by atoms with Crippen LogP contribution in [0.1, 0.15) is 13.3 Å². The van der Waals surface area contributed by atoms with E-state index in [9.17, 15) is 25.5 Å². The Labute approximate surface area is 100 Å². The molecular weight excluding hydrogens is 226 g/mol. The van der Waals surface area contributed by atoms with Gasteiger partial charge in [-0.2, -0.15) is 0 Å². The molecule has 6 nitrogen and oxygen atoms in total. The number of aliphatic hydroxyl groups is 5. The summed E-state index contributed by atoms with van der Waals surface area (Å²) in [5.41, 5.74) is 0. The Bertz CT molecular complexity index is 260. The second kappa shape index (κ2) is 6.44. The standard InChI is InChI=1S/C11H21NO5/c1-2-3-4-5-12-7(6-13)8(14)9(15)10(16)11(12)17/h3-4,7-11,13-17H,2,5-6H2,1H3/b4-3+/t7-,8-,9+,10-,11?/m1/s1. The van der Waals surface area contributed by atoms with Gasteiger partial charge in [0.25, 0.3) is 0 Å². The summed E-state index contributed by atoms with van der Waals surface area (Å²) in [5, 5.41) is 47.7. The second-order valence-corrected chi connectivity index (χ2v) is 4.21. The van der Waals surface area contributed by atoms with Crippen LogP contribution in [0.3, 0.4) is 0 Å². The molecule has 1 heterocycles. The lowest BCUT2D eigenvalue weighted by atomic mass is 9.93. The Hall–Kier alpha value is -0.500. The van der Waals surface area contributed by atoms with Crippen LogP contribution in [0, 0.1) is 0 Å². The van der Waals surface area contributed by atoms with E-state index in [-0.39, 0.29) is 0 Å². The monoisotopic (exact) mass is 247 g/mol. The highest BCUT2D eigenvalue weighted by Gasteiger charge is 2.46. The van der Waals surface area contributed by atoms with Crippen LogP contribution in [0.5, 0.6) is 0 Å². The number of rotatable bonds is 4. The van der Waals surface area contributed by atoms with Gasteiger partial charge in [-0.15, -0.1) is 0 Å². The Morgan fingerprint density at radius 3 is 2.18 bits per heavy atom. The third-order valence-electron chi connectivity index (χ3n) is 3.07. The molecule has 0 spiro atoms. The maximum atomic E-state index is 9.79. The van der Waals surface area contributed by atoms with E-state index in [0.717, 1.165) is 6.42 Å². The Balaban J connectivity index is 2.79. The number of likely N-dealkylation sites (tertiary alicyclic amines) is 1. The Kier molecular flexibility index (Phi) is 5.51. The predicted molar refractivity (Wildman–Crippen MR) is 61.0 cm³/mol. The summed E-state index contributed by atoms with van der Waals surface area (Å²) >= 11 is 0. The van der Waals surface area contributed by atoms with Crippen molar-refractivity contribution >= 4 is 0 Å². The maximum Gasteiger partial charge on any atom is 0.136 e. The number of hydrogen-bond donors (Lipinski definition) is 5. The molecule has 6 heteroatoms. The minimum atomic E-state index is -1.45. The van der Waals surface area contributed by atoms with E-state index in [2.05, 4.69) is 0 Å². The fourth-order valence-corrected chi connectivity index (χ4v) is 2.01. The van der Waals surface area contributed by atoms with Gasteiger partial charge in [0, 0.05) is 6.54 Å². The van der Waals surface area contributed by atoms with Crippen LogP contribution in [0.15, 0.2) is 12.2 Å². The largest absolute Gasteiger partial charge is 0.395 e. The maximum absolute atomic E-state index is 9.79. The lowest BCUT2D eigenvalue weighted by Crippen LogP contribution is -2.67. The summed E-state index contributed by atoms with van der Waals surface area (Å²) < 4.78 is 0. The van der Waals surface area contributed by atoms with E-state index < -0.39 is 37.2 Å².